The molecule has 11 heteroatoms. The molecule has 5 rings (SSSR count). The zero-order chi connectivity index (χ0) is 24.6. The first kappa shape index (κ1) is 23.0. The van der Waals surface area contributed by atoms with Crippen LogP contribution in [0.4, 0.5) is 15.7 Å². The fourth-order valence-electron chi connectivity index (χ4n) is 3.63. The number of anilines is 2. The standard InChI is InChI=1S/C24H27N7O3S/c1-24(2,3)21-28-19(30-34-21)7-8-25-22(32)29-23-27-16-6-5-14(12-18(16)35-23)15-11-17-20(26-13-15)31(4)9-10-33-17/h5-6,11-13H,7-10H2,1-4H3,(H2,25,27,29,32). The predicted molar refractivity (Wildman–Crippen MR) is 135 cm³/mol. The summed E-state index contributed by atoms with van der Waals surface area (Å²) < 4.78 is 12.0. The molecule has 0 fully saturated rings. The van der Waals surface area contributed by atoms with E-state index in [-0.39, 0.29) is 11.4 Å². The third-order valence-electron chi connectivity index (χ3n) is 5.56. The Kier molecular flexibility index (Phi) is 6.01. The normalized spacial score (nSPS) is 13.4. The average Bonchev–Trinajstić information content (AvgIpc) is 3.45. The summed E-state index contributed by atoms with van der Waals surface area (Å²) >= 11 is 1.42. The maximum atomic E-state index is 12.3. The van der Waals surface area contributed by atoms with Crippen molar-refractivity contribution in [3.63, 3.8) is 0 Å². The van der Waals surface area contributed by atoms with Crippen LogP contribution >= 0.6 is 11.3 Å². The van der Waals surface area contributed by atoms with E-state index in [1.165, 1.54) is 11.3 Å². The molecule has 3 aromatic heterocycles. The Bertz CT molecular complexity index is 1380. The van der Waals surface area contributed by atoms with Crippen molar-refractivity contribution in [3.8, 4) is 16.9 Å². The van der Waals surface area contributed by atoms with E-state index in [0.717, 1.165) is 39.5 Å². The molecule has 4 heterocycles. The molecule has 1 aliphatic rings. The molecule has 10 nitrogen and oxygen atoms in total. The van der Waals surface area contributed by atoms with Crippen molar-refractivity contribution >= 4 is 38.5 Å². The van der Waals surface area contributed by atoms with E-state index >= 15 is 0 Å². The predicted octanol–water partition coefficient (Wildman–Crippen LogP) is 4.23. The quantitative estimate of drug-likeness (QED) is 0.424. The second-order valence-electron chi connectivity index (χ2n) is 9.41. The maximum Gasteiger partial charge on any atom is 0.321 e. The summed E-state index contributed by atoms with van der Waals surface area (Å²) in [6.07, 6.45) is 2.33. The van der Waals surface area contributed by atoms with Crippen LogP contribution in [-0.2, 0) is 11.8 Å². The largest absolute Gasteiger partial charge is 0.488 e. The molecule has 0 aliphatic carbocycles. The number of pyridine rings is 1. The number of hydrogen-bond donors (Lipinski definition) is 2. The molecule has 2 N–H and O–H groups in total. The van der Waals surface area contributed by atoms with Gasteiger partial charge in [-0.05, 0) is 23.8 Å². The van der Waals surface area contributed by atoms with Gasteiger partial charge in [-0.2, -0.15) is 4.98 Å². The molecule has 0 radical (unpaired) electrons. The number of nitrogens with one attached hydrogen (secondary N) is 2. The van der Waals surface area contributed by atoms with Crippen LogP contribution in [0.5, 0.6) is 5.75 Å². The van der Waals surface area contributed by atoms with Gasteiger partial charge in [0.2, 0.25) is 5.89 Å². The van der Waals surface area contributed by atoms with Gasteiger partial charge >= 0.3 is 6.03 Å². The highest BCUT2D eigenvalue weighted by molar-refractivity contribution is 7.22. The first-order valence-corrected chi connectivity index (χ1v) is 12.2. The van der Waals surface area contributed by atoms with Crippen LogP contribution in [0.2, 0.25) is 0 Å². The topological polar surface area (TPSA) is 118 Å². The first-order valence-electron chi connectivity index (χ1n) is 11.4. The van der Waals surface area contributed by atoms with Crippen molar-refractivity contribution in [1.82, 2.24) is 25.4 Å². The summed E-state index contributed by atoms with van der Waals surface area (Å²) in [4.78, 5) is 27.9. The molecule has 0 atom stereocenters. The molecule has 0 spiro atoms. The van der Waals surface area contributed by atoms with Gasteiger partial charge in [0, 0.05) is 37.2 Å². The number of urea groups is 1. The van der Waals surface area contributed by atoms with E-state index in [1.807, 2.05) is 52.2 Å². The van der Waals surface area contributed by atoms with Crippen LogP contribution in [0, 0.1) is 0 Å². The van der Waals surface area contributed by atoms with Crippen LogP contribution in [0.25, 0.3) is 21.3 Å². The number of hydrogen-bond acceptors (Lipinski definition) is 9. The Morgan fingerprint density at radius 3 is 2.86 bits per heavy atom. The van der Waals surface area contributed by atoms with Gasteiger partial charge in [-0.15, -0.1) is 0 Å². The summed E-state index contributed by atoms with van der Waals surface area (Å²) in [7, 11) is 2.01. The summed E-state index contributed by atoms with van der Waals surface area (Å²) in [6.45, 7) is 7.87. The molecular formula is C24H27N7O3S. The number of nitrogens with zero attached hydrogens (tertiary/aromatic N) is 5. The summed E-state index contributed by atoms with van der Waals surface area (Å²) in [5.41, 5.74) is 2.60. The van der Waals surface area contributed by atoms with Crippen LogP contribution < -0.4 is 20.3 Å². The lowest BCUT2D eigenvalue weighted by Crippen LogP contribution is -2.30. The van der Waals surface area contributed by atoms with Crippen molar-refractivity contribution in [2.24, 2.45) is 0 Å². The lowest BCUT2D eigenvalue weighted by atomic mass is 9.97. The molecule has 0 saturated heterocycles. The molecule has 182 valence electrons. The van der Waals surface area contributed by atoms with E-state index in [9.17, 15) is 4.79 Å². The number of ether oxygens (including phenoxy) is 1. The SMILES string of the molecule is CN1CCOc2cc(-c3ccc4nc(NC(=O)NCCc5noc(C(C)(C)C)n5)sc4c3)cnc21. The molecule has 2 amide bonds. The third kappa shape index (κ3) is 5.04. The molecule has 1 aromatic carbocycles. The Hall–Kier alpha value is -3.73. The average molecular weight is 494 g/mol. The number of amides is 2. The minimum absolute atomic E-state index is 0.205. The molecule has 35 heavy (non-hydrogen) atoms. The van der Waals surface area contributed by atoms with Gasteiger partial charge < -0.3 is 19.5 Å². The number of fused-ring (bicyclic) bond motifs is 2. The van der Waals surface area contributed by atoms with Gasteiger partial charge in [0.25, 0.3) is 0 Å². The van der Waals surface area contributed by atoms with Crippen LogP contribution in [0.15, 0.2) is 35.0 Å². The zero-order valence-electron chi connectivity index (χ0n) is 20.1. The van der Waals surface area contributed by atoms with Crippen LogP contribution in [0.3, 0.4) is 0 Å². The lowest BCUT2D eigenvalue weighted by molar-refractivity contribution is 0.252. The van der Waals surface area contributed by atoms with Gasteiger partial charge in [-0.25, -0.2) is 14.8 Å². The molecule has 4 aromatic rings. The molecule has 0 bridgehead atoms. The van der Waals surface area contributed by atoms with Crippen molar-refractivity contribution in [3.05, 3.63) is 42.2 Å². The second kappa shape index (κ2) is 9.14. The third-order valence-corrected chi connectivity index (χ3v) is 6.50. The highest BCUT2D eigenvalue weighted by Crippen LogP contribution is 2.35. The number of aromatic nitrogens is 4. The van der Waals surface area contributed by atoms with Crippen LogP contribution in [-0.4, -0.2) is 52.9 Å². The smallest absolute Gasteiger partial charge is 0.321 e. The Morgan fingerprint density at radius 2 is 2.06 bits per heavy atom. The van der Waals surface area contributed by atoms with E-state index < -0.39 is 0 Å². The Labute approximate surface area is 206 Å². The number of carbonyl (C=O) groups excluding carboxylic acids is 1. The minimum atomic E-state index is -0.330. The van der Waals surface area contributed by atoms with Crippen molar-refractivity contribution in [2.45, 2.75) is 32.6 Å². The fourth-order valence-corrected chi connectivity index (χ4v) is 4.53. The summed E-state index contributed by atoms with van der Waals surface area (Å²) in [5.74, 6) is 2.79. The van der Waals surface area contributed by atoms with Crippen molar-refractivity contribution in [1.29, 1.82) is 0 Å². The number of rotatable bonds is 5. The number of thiazole rings is 1. The first-order chi connectivity index (χ1) is 16.8. The van der Waals surface area contributed by atoms with Crippen molar-refractivity contribution < 1.29 is 14.1 Å². The van der Waals surface area contributed by atoms with Crippen LogP contribution in [0.1, 0.15) is 32.5 Å². The number of likely N-dealkylation sites (N-methyl/N-ethyl adjacent to an activating group) is 1. The van der Waals surface area contributed by atoms with E-state index in [2.05, 4.69) is 41.7 Å². The van der Waals surface area contributed by atoms with Gasteiger partial charge in [-0.1, -0.05) is 43.3 Å². The van der Waals surface area contributed by atoms with Gasteiger partial charge in [-0.3, -0.25) is 5.32 Å². The molecule has 0 unspecified atom stereocenters. The maximum absolute atomic E-state index is 12.3. The lowest BCUT2D eigenvalue weighted by Gasteiger charge is -2.26. The highest BCUT2D eigenvalue weighted by Gasteiger charge is 2.22. The molecule has 1 aliphatic heterocycles. The van der Waals surface area contributed by atoms with E-state index in [4.69, 9.17) is 9.26 Å². The van der Waals surface area contributed by atoms with Gasteiger partial charge in [0.05, 0.1) is 16.8 Å². The van der Waals surface area contributed by atoms with E-state index in [1.54, 1.807) is 0 Å². The summed E-state index contributed by atoms with van der Waals surface area (Å²) in [5, 5.41) is 10.1. The molecular weight excluding hydrogens is 466 g/mol. The van der Waals surface area contributed by atoms with Gasteiger partial charge in [0.1, 0.15) is 6.61 Å². The van der Waals surface area contributed by atoms with E-state index in [0.29, 0.717) is 36.4 Å². The Balaban J connectivity index is 1.21. The second-order valence-corrected chi connectivity index (χ2v) is 10.4. The minimum Gasteiger partial charge on any atom is -0.488 e. The van der Waals surface area contributed by atoms with Crippen molar-refractivity contribution in [2.75, 3.05) is 37.0 Å². The number of benzene rings is 1. The molecule has 0 saturated carbocycles. The highest BCUT2D eigenvalue weighted by atomic mass is 32.1. The van der Waals surface area contributed by atoms with Gasteiger partial charge in [0.15, 0.2) is 22.5 Å². The summed E-state index contributed by atoms with van der Waals surface area (Å²) in [6, 6.07) is 7.68. The zero-order valence-corrected chi connectivity index (χ0v) is 20.9. The Morgan fingerprint density at radius 1 is 1.20 bits per heavy atom. The monoisotopic (exact) mass is 493 g/mol. The fraction of sp³-hybridized carbons (Fsp3) is 0.375. The number of carbonyl (C=O) groups is 1.